The molecule has 1 amide bonds. The number of nitrogens with one attached hydrogen (secondary N) is 1. The molecular weight excluding hydrogens is 519 g/mol. The molecule has 2 aromatic rings. The van der Waals surface area contributed by atoms with Crippen molar-refractivity contribution in [2.75, 3.05) is 30.8 Å². The van der Waals surface area contributed by atoms with Gasteiger partial charge in [0.2, 0.25) is 10.0 Å². The number of halogens is 3. The Morgan fingerprint density at radius 2 is 1.62 bits per heavy atom. The van der Waals surface area contributed by atoms with Crippen molar-refractivity contribution in [3.05, 3.63) is 51.5 Å². The van der Waals surface area contributed by atoms with Crippen LogP contribution in [0.5, 0.6) is 0 Å². The zero-order valence-corrected chi connectivity index (χ0v) is 21.1. The van der Waals surface area contributed by atoms with Crippen LogP contribution in [0.25, 0.3) is 0 Å². The first kappa shape index (κ1) is 26.8. The Hall–Kier alpha value is -1.49. The first-order chi connectivity index (χ1) is 15.1. The first-order valence-corrected chi connectivity index (χ1v) is 13.0. The third kappa shape index (κ3) is 7.00. The average molecular weight is 540 g/mol. The van der Waals surface area contributed by atoms with Crippen LogP contribution in [-0.4, -0.2) is 50.0 Å². The van der Waals surface area contributed by atoms with Gasteiger partial charge in [-0.05, 0) is 36.4 Å². The molecule has 0 aliphatic heterocycles. The van der Waals surface area contributed by atoms with Crippen molar-refractivity contribution in [1.82, 2.24) is 4.31 Å². The lowest BCUT2D eigenvalue weighted by molar-refractivity contribution is -0.144. The summed E-state index contributed by atoms with van der Waals surface area (Å²) in [4.78, 5) is 24.6. The molecule has 0 atom stereocenters. The molecule has 0 radical (unpaired) electrons. The van der Waals surface area contributed by atoms with E-state index in [-0.39, 0.29) is 20.7 Å². The summed E-state index contributed by atoms with van der Waals surface area (Å²) in [5.74, 6) is -1.26. The summed E-state index contributed by atoms with van der Waals surface area (Å²) >= 11 is 19.0. The van der Waals surface area contributed by atoms with Crippen LogP contribution in [0.2, 0.25) is 15.1 Å². The van der Waals surface area contributed by atoms with E-state index in [1.807, 2.05) is 0 Å². The van der Waals surface area contributed by atoms with Crippen LogP contribution >= 0.6 is 46.6 Å². The third-order valence-electron chi connectivity index (χ3n) is 4.19. The normalized spacial score (nSPS) is 11.4. The van der Waals surface area contributed by atoms with E-state index >= 15 is 0 Å². The van der Waals surface area contributed by atoms with Crippen molar-refractivity contribution in [3.63, 3.8) is 0 Å². The smallest absolute Gasteiger partial charge is 0.316 e. The molecule has 0 bridgehead atoms. The van der Waals surface area contributed by atoms with E-state index in [9.17, 15) is 18.0 Å². The highest BCUT2D eigenvalue weighted by Gasteiger charge is 2.21. The highest BCUT2D eigenvalue weighted by molar-refractivity contribution is 8.00. The number of sulfonamides is 1. The fourth-order valence-electron chi connectivity index (χ4n) is 2.56. The van der Waals surface area contributed by atoms with Crippen LogP contribution in [0.15, 0.2) is 46.2 Å². The van der Waals surface area contributed by atoms with Crippen molar-refractivity contribution < 1.29 is 22.7 Å². The van der Waals surface area contributed by atoms with Crippen LogP contribution in [0.3, 0.4) is 0 Å². The van der Waals surface area contributed by atoms with Crippen LogP contribution in [-0.2, 0) is 24.3 Å². The van der Waals surface area contributed by atoms with Crippen LogP contribution in [0, 0.1) is 0 Å². The number of carbonyl (C=O) groups excluding carboxylic acids is 2. The number of hydrogen-bond donors (Lipinski definition) is 1. The van der Waals surface area contributed by atoms with E-state index in [0.717, 1.165) is 11.8 Å². The first-order valence-electron chi connectivity index (χ1n) is 9.42. The lowest BCUT2D eigenvalue weighted by Gasteiger charge is -2.18. The summed E-state index contributed by atoms with van der Waals surface area (Å²) in [6.45, 7) is 3.74. The predicted molar refractivity (Wildman–Crippen MR) is 128 cm³/mol. The summed E-state index contributed by atoms with van der Waals surface area (Å²) in [6.07, 6.45) is 0. The van der Waals surface area contributed by atoms with Gasteiger partial charge in [0.1, 0.15) is 0 Å². The largest absolute Gasteiger partial charge is 0.455 e. The van der Waals surface area contributed by atoms with E-state index < -0.39 is 28.5 Å². The highest BCUT2D eigenvalue weighted by atomic mass is 35.5. The van der Waals surface area contributed by atoms with Crippen LogP contribution < -0.4 is 5.32 Å². The minimum atomic E-state index is -3.58. The maximum Gasteiger partial charge on any atom is 0.316 e. The number of carbonyl (C=O) groups is 2. The predicted octanol–water partition coefficient (Wildman–Crippen LogP) is 4.95. The van der Waals surface area contributed by atoms with Gasteiger partial charge in [0, 0.05) is 23.7 Å². The molecular formula is C20H21Cl3N2O5S2. The third-order valence-corrected chi connectivity index (χ3v) is 8.69. The highest BCUT2D eigenvalue weighted by Crippen LogP contribution is 2.37. The number of nitrogens with zero attached hydrogens (tertiary/aromatic N) is 1. The van der Waals surface area contributed by atoms with Gasteiger partial charge in [-0.2, -0.15) is 4.31 Å². The number of amides is 1. The summed E-state index contributed by atoms with van der Waals surface area (Å²) < 4.78 is 31.3. The number of rotatable bonds is 10. The van der Waals surface area contributed by atoms with Crippen molar-refractivity contribution in [1.29, 1.82) is 0 Å². The molecule has 0 saturated heterocycles. The van der Waals surface area contributed by atoms with E-state index in [1.165, 1.54) is 28.6 Å². The number of anilines is 1. The fourth-order valence-corrected chi connectivity index (χ4v) is 5.53. The molecule has 174 valence electrons. The lowest BCUT2D eigenvalue weighted by atomic mass is 10.3. The molecule has 32 heavy (non-hydrogen) atoms. The summed E-state index contributed by atoms with van der Waals surface area (Å²) in [7, 11) is -3.58. The van der Waals surface area contributed by atoms with Gasteiger partial charge in [-0.1, -0.05) is 48.7 Å². The van der Waals surface area contributed by atoms with Crippen molar-refractivity contribution in [2.24, 2.45) is 0 Å². The zero-order chi connectivity index (χ0) is 23.9. The Balaban J connectivity index is 1.85. The van der Waals surface area contributed by atoms with Gasteiger partial charge in [-0.3, -0.25) is 9.59 Å². The number of hydrogen-bond acceptors (Lipinski definition) is 6. The van der Waals surface area contributed by atoms with E-state index in [1.54, 1.807) is 26.0 Å². The Kier molecular flexibility index (Phi) is 10.1. The molecule has 0 unspecified atom stereocenters. The molecule has 0 aromatic heterocycles. The van der Waals surface area contributed by atoms with Gasteiger partial charge < -0.3 is 10.1 Å². The van der Waals surface area contributed by atoms with Crippen LogP contribution in [0.4, 0.5) is 5.69 Å². The van der Waals surface area contributed by atoms with E-state index in [2.05, 4.69) is 5.32 Å². The number of benzene rings is 2. The second-order valence-electron chi connectivity index (χ2n) is 6.28. The second kappa shape index (κ2) is 12.1. The Labute approximate surface area is 206 Å². The second-order valence-corrected chi connectivity index (χ2v) is 10.4. The van der Waals surface area contributed by atoms with Gasteiger partial charge in [0.05, 0.1) is 25.7 Å². The standard InChI is InChI=1S/C20H21Cl3N2O5S2/c1-3-25(4-2)32(28,29)14-7-5-13(6-8-14)24-17(26)11-30-18(27)12-31-16-10-9-15(21)19(22)20(16)23/h5-10H,3-4,11-12H2,1-2H3,(H,24,26). The molecule has 2 rings (SSSR count). The average Bonchev–Trinajstić information content (AvgIpc) is 2.76. The maximum atomic E-state index is 12.5. The summed E-state index contributed by atoms with van der Waals surface area (Å²) in [5.41, 5.74) is 0.376. The quantitative estimate of drug-likeness (QED) is 0.261. The molecule has 0 saturated carbocycles. The molecule has 0 heterocycles. The minimum Gasteiger partial charge on any atom is -0.455 e. The molecule has 7 nitrogen and oxygen atoms in total. The fraction of sp³-hybridized carbons (Fsp3) is 0.300. The van der Waals surface area contributed by atoms with Gasteiger partial charge in [0.15, 0.2) is 6.61 Å². The number of ether oxygens (including phenoxy) is 1. The van der Waals surface area contributed by atoms with Crippen LogP contribution in [0.1, 0.15) is 13.8 Å². The summed E-state index contributed by atoms with van der Waals surface area (Å²) in [6, 6.07) is 8.96. The Morgan fingerprint density at radius 1 is 1.00 bits per heavy atom. The zero-order valence-electron chi connectivity index (χ0n) is 17.2. The van der Waals surface area contributed by atoms with Gasteiger partial charge in [0.25, 0.3) is 5.91 Å². The summed E-state index contributed by atoms with van der Waals surface area (Å²) in [5, 5.41) is 3.28. The SMILES string of the molecule is CCN(CC)S(=O)(=O)c1ccc(NC(=O)COC(=O)CSc2ccc(Cl)c(Cl)c2Cl)cc1. The molecule has 2 aromatic carbocycles. The molecule has 0 aliphatic rings. The van der Waals surface area contributed by atoms with Gasteiger partial charge >= 0.3 is 5.97 Å². The maximum absolute atomic E-state index is 12.5. The van der Waals surface area contributed by atoms with Crippen molar-refractivity contribution >= 4 is 74.2 Å². The van der Waals surface area contributed by atoms with Gasteiger partial charge in [-0.25, -0.2) is 8.42 Å². The molecule has 1 N–H and O–H groups in total. The number of esters is 1. The molecule has 0 spiro atoms. The Morgan fingerprint density at radius 3 is 2.22 bits per heavy atom. The number of thioether (sulfide) groups is 1. The molecule has 0 fully saturated rings. The van der Waals surface area contributed by atoms with E-state index in [4.69, 9.17) is 39.5 Å². The van der Waals surface area contributed by atoms with Crippen molar-refractivity contribution in [3.8, 4) is 0 Å². The monoisotopic (exact) mass is 538 g/mol. The molecule has 12 heteroatoms. The molecule has 0 aliphatic carbocycles. The van der Waals surface area contributed by atoms with E-state index in [0.29, 0.717) is 28.7 Å². The van der Waals surface area contributed by atoms with Gasteiger partial charge in [-0.15, -0.1) is 11.8 Å². The minimum absolute atomic E-state index is 0.0805. The van der Waals surface area contributed by atoms with Crippen molar-refractivity contribution in [2.45, 2.75) is 23.6 Å². The lowest BCUT2D eigenvalue weighted by Crippen LogP contribution is -2.30. The topological polar surface area (TPSA) is 92.8 Å². The Bertz CT molecular complexity index is 1080.